The number of likely N-dealkylation sites (N-methyl/N-ethyl adjacent to an activating group) is 1. The van der Waals surface area contributed by atoms with E-state index in [0.29, 0.717) is 11.3 Å². The Balaban J connectivity index is 2.09. The van der Waals surface area contributed by atoms with E-state index >= 15 is 0 Å². The van der Waals surface area contributed by atoms with Crippen molar-refractivity contribution in [2.75, 3.05) is 11.9 Å². The van der Waals surface area contributed by atoms with Gasteiger partial charge in [0.15, 0.2) is 0 Å². The molecule has 1 nitrogen and oxygen atoms in total. The number of rotatable bonds is 5. The molecule has 0 N–H and O–H groups in total. The summed E-state index contributed by atoms with van der Waals surface area (Å²) in [6.07, 6.45) is 10.8. The van der Waals surface area contributed by atoms with Gasteiger partial charge in [-0.05, 0) is 36.0 Å². The predicted octanol–water partition coefficient (Wildman–Crippen LogP) is 5.41. The Kier molecular flexibility index (Phi) is 4.69. The highest BCUT2D eigenvalue weighted by Gasteiger charge is 2.29. The van der Waals surface area contributed by atoms with E-state index < -0.39 is 0 Å². The van der Waals surface area contributed by atoms with E-state index in [-0.39, 0.29) is 0 Å². The average molecular weight is 269 g/mol. The molecule has 0 aliphatic heterocycles. The molecule has 0 spiro atoms. The third kappa shape index (κ3) is 2.98. The van der Waals surface area contributed by atoms with Crippen molar-refractivity contribution in [3.63, 3.8) is 0 Å². The lowest BCUT2D eigenvalue weighted by molar-refractivity contribution is 0.208. The highest BCUT2D eigenvalue weighted by Crippen LogP contribution is 2.40. The van der Waals surface area contributed by atoms with Crippen molar-refractivity contribution in [2.24, 2.45) is 11.3 Å². The molecule has 1 aliphatic carbocycles. The Morgan fingerprint density at radius 3 is 2.30 bits per heavy atom. The smallest absolute Gasteiger partial charge is 0.0407 e. The van der Waals surface area contributed by atoms with Gasteiger partial charge < -0.3 is 4.90 Å². The van der Waals surface area contributed by atoms with Gasteiger partial charge in [0, 0.05) is 18.4 Å². The van der Waals surface area contributed by atoms with Crippen molar-refractivity contribution in [3.05, 3.63) is 54.3 Å². The van der Waals surface area contributed by atoms with Crippen molar-refractivity contribution in [1.82, 2.24) is 0 Å². The summed E-state index contributed by atoms with van der Waals surface area (Å²) in [6, 6.07) is 10.6. The Hall–Kier alpha value is -1.50. The molecule has 0 bridgehead atoms. The van der Waals surface area contributed by atoms with Gasteiger partial charge in [0.2, 0.25) is 0 Å². The second kappa shape index (κ2) is 6.30. The van der Waals surface area contributed by atoms with Gasteiger partial charge in [-0.15, -0.1) is 0 Å². The van der Waals surface area contributed by atoms with Gasteiger partial charge in [-0.25, -0.2) is 0 Å². The first-order chi connectivity index (χ1) is 9.60. The van der Waals surface area contributed by atoms with Crippen molar-refractivity contribution >= 4 is 5.69 Å². The number of para-hydroxylation sites is 1. The van der Waals surface area contributed by atoms with Gasteiger partial charge in [0.25, 0.3) is 0 Å². The van der Waals surface area contributed by atoms with Crippen LogP contribution in [-0.4, -0.2) is 7.05 Å². The second-order valence-electron chi connectivity index (χ2n) is 6.09. The summed E-state index contributed by atoms with van der Waals surface area (Å²) >= 11 is 0. The molecule has 1 aliphatic rings. The first kappa shape index (κ1) is 14.9. The minimum Gasteiger partial charge on any atom is -0.345 e. The highest BCUT2D eigenvalue weighted by molar-refractivity contribution is 5.54. The van der Waals surface area contributed by atoms with Gasteiger partial charge in [-0.1, -0.05) is 64.0 Å². The fourth-order valence-corrected chi connectivity index (χ4v) is 2.95. The Labute approximate surface area is 124 Å². The molecular weight excluding hydrogens is 242 g/mol. The van der Waals surface area contributed by atoms with Crippen molar-refractivity contribution in [1.29, 1.82) is 0 Å². The van der Waals surface area contributed by atoms with Crippen LogP contribution < -0.4 is 4.90 Å². The highest BCUT2D eigenvalue weighted by atomic mass is 15.1. The molecular formula is C19H27N. The zero-order valence-electron chi connectivity index (χ0n) is 13.3. The van der Waals surface area contributed by atoms with Crippen LogP contribution in [0.25, 0.3) is 0 Å². The molecule has 0 radical (unpaired) electrons. The van der Waals surface area contributed by atoms with Crippen LogP contribution in [0.15, 0.2) is 54.3 Å². The maximum Gasteiger partial charge on any atom is 0.0407 e. The van der Waals surface area contributed by atoms with Crippen molar-refractivity contribution in [3.8, 4) is 0 Å². The summed E-state index contributed by atoms with van der Waals surface area (Å²) < 4.78 is 0. The molecule has 1 aromatic rings. The lowest BCUT2D eigenvalue weighted by Gasteiger charge is -2.36. The minimum absolute atomic E-state index is 0.434. The Bertz CT molecular complexity index is 480. The molecule has 0 saturated heterocycles. The molecule has 0 saturated carbocycles. The quantitative estimate of drug-likeness (QED) is 0.691. The van der Waals surface area contributed by atoms with E-state index in [4.69, 9.17) is 0 Å². The van der Waals surface area contributed by atoms with E-state index in [1.54, 1.807) is 0 Å². The van der Waals surface area contributed by atoms with Gasteiger partial charge in [-0.3, -0.25) is 0 Å². The lowest BCUT2D eigenvalue weighted by Crippen LogP contribution is -2.27. The molecule has 20 heavy (non-hydrogen) atoms. The Morgan fingerprint density at radius 1 is 1.15 bits per heavy atom. The number of anilines is 1. The van der Waals surface area contributed by atoms with E-state index in [1.165, 1.54) is 24.2 Å². The normalized spacial score (nSPS) is 18.8. The topological polar surface area (TPSA) is 3.24 Å². The molecule has 0 amide bonds. The molecule has 1 unspecified atom stereocenters. The number of hydrogen-bond donors (Lipinski definition) is 0. The van der Waals surface area contributed by atoms with Crippen LogP contribution in [-0.2, 0) is 0 Å². The van der Waals surface area contributed by atoms with Gasteiger partial charge in [0.1, 0.15) is 0 Å². The summed E-state index contributed by atoms with van der Waals surface area (Å²) in [5.41, 5.74) is 2.99. The molecule has 0 fully saturated rings. The van der Waals surface area contributed by atoms with Crippen LogP contribution in [0.2, 0.25) is 0 Å². The average Bonchev–Trinajstić information content (AvgIpc) is 2.54. The van der Waals surface area contributed by atoms with Crippen LogP contribution in [0.3, 0.4) is 0 Å². The first-order valence-corrected chi connectivity index (χ1v) is 7.78. The summed E-state index contributed by atoms with van der Waals surface area (Å²) in [5, 5.41) is 0. The molecule has 2 rings (SSSR count). The fourth-order valence-electron chi connectivity index (χ4n) is 2.95. The predicted molar refractivity (Wildman–Crippen MR) is 88.9 cm³/mol. The zero-order chi connectivity index (χ0) is 14.6. The maximum atomic E-state index is 2.42. The standard InChI is InChI=1S/C19H27N/c1-5-19(3,6-2)16-12-14-18(15-13-16)20(4)17-10-8-7-9-11-17/h7-12,14-16H,5-6,13H2,1-4H3. The number of allylic oxidation sites excluding steroid dienone is 3. The maximum absolute atomic E-state index is 2.42. The first-order valence-electron chi connectivity index (χ1n) is 7.78. The molecule has 1 aromatic carbocycles. The zero-order valence-corrected chi connectivity index (χ0v) is 13.3. The van der Waals surface area contributed by atoms with Crippen LogP contribution in [0.5, 0.6) is 0 Å². The third-order valence-electron chi connectivity index (χ3n) is 5.12. The van der Waals surface area contributed by atoms with E-state index in [1.807, 2.05) is 0 Å². The molecule has 1 atom stereocenters. The largest absolute Gasteiger partial charge is 0.345 e. The molecule has 0 heterocycles. The number of nitrogens with zero attached hydrogens (tertiary/aromatic N) is 1. The third-order valence-corrected chi connectivity index (χ3v) is 5.12. The summed E-state index contributed by atoms with van der Waals surface area (Å²) in [5.74, 6) is 0.672. The van der Waals surface area contributed by atoms with Crippen molar-refractivity contribution in [2.45, 2.75) is 40.0 Å². The SMILES string of the molecule is CCC(C)(CC)C1C=CC(N(C)c2ccccc2)=CC1. The van der Waals surface area contributed by atoms with E-state index in [2.05, 4.69) is 81.3 Å². The second-order valence-corrected chi connectivity index (χ2v) is 6.09. The van der Waals surface area contributed by atoms with Crippen molar-refractivity contribution < 1.29 is 0 Å². The van der Waals surface area contributed by atoms with Crippen LogP contribution >= 0.6 is 0 Å². The van der Waals surface area contributed by atoms with E-state index in [9.17, 15) is 0 Å². The van der Waals surface area contributed by atoms with Crippen LogP contribution in [0.1, 0.15) is 40.0 Å². The molecule has 108 valence electrons. The van der Waals surface area contributed by atoms with Gasteiger partial charge >= 0.3 is 0 Å². The summed E-state index contributed by atoms with van der Waals surface area (Å²) in [4.78, 5) is 2.27. The lowest BCUT2D eigenvalue weighted by atomic mass is 9.70. The monoisotopic (exact) mass is 269 g/mol. The summed E-state index contributed by atoms with van der Waals surface area (Å²) in [7, 11) is 2.14. The Morgan fingerprint density at radius 2 is 1.80 bits per heavy atom. The molecule has 1 heteroatoms. The van der Waals surface area contributed by atoms with Crippen LogP contribution in [0, 0.1) is 11.3 Å². The fraction of sp³-hybridized carbons (Fsp3) is 0.474. The van der Waals surface area contributed by atoms with Gasteiger partial charge in [0.05, 0.1) is 0 Å². The van der Waals surface area contributed by atoms with Crippen LogP contribution in [0.4, 0.5) is 5.69 Å². The number of benzene rings is 1. The van der Waals surface area contributed by atoms with Gasteiger partial charge in [-0.2, -0.15) is 0 Å². The minimum atomic E-state index is 0.434. The number of hydrogen-bond acceptors (Lipinski definition) is 1. The molecule has 0 aromatic heterocycles. The summed E-state index contributed by atoms with van der Waals surface area (Å²) in [6.45, 7) is 7.04. The van der Waals surface area contributed by atoms with E-state index in [0.717, 1.165) is 6.42 Å².